The fourth-order valence-electron chi connectivity index (χ4n) is 2.86. The number of anilines is 1. The van der Waals surface area contributed by atoms with Crippen LogP contribution in [0, 0.1) is 5.92 Å². The molecular formula is C22H30N4O4. The van der Waals surface area contributed by atoms with Crippen molar-refractivity contribution in [3.8, 4) is 0 Å². The number of rotatable bonds is 9. The zero-order valence-electron chi connectivity index (χ0n) is 18.1. The van der Waals surface area contributed by atoms with Gasteiger partial charge in [0.1, 0.15) is 11.9 Å². The van der Waals surface area contributed by atoms with E-state index in [0.29, 0.717) is 5.82 Å². The topological polar surface area (TPSA) is 102 Å². The highest BCUT2D eigenvalue weighted by Crippen LogP contribution is 2.14. The first-order chi connectivity index (χ1) is 14.2. The Morgan fingerprint density at radius 2 is 1.70 bits per heavy atom. The van der Waals surface area contributed by atoms with Gasteiger partial charge in [0.05, 0.1) is 12.6 Å². The molecule has 0 bridgehead atoms. The Kier molecular flexibility index (Phi) is 8.15. The molecule has 2 atom stereocenters. The summed E-state index contributed by atoms with van der Waals surface area (Å²) in [6.07, 6.45) is 0.718. The van der Waals surface area contributed by atoms with Crippen LogP contribution in [-0.4, -0.2) is 39.7 Å². The van der Waals surface area contributed by atoms with Gasteiger partial charge in [0.2, 0.25) is 5.91 Å². The van der Waals surface area contributed by atoms with E-state index in [2.05, 4.69) is 15.7 Å². The molecule has 30 heavy (non-hydrogen) atoms. The van der Waals surface area contributed by atoms with Crippen LogP contribution in [0.2, 0.25) is 0 Å². The number of esters is 1. The Morgan fingerprint density at radius 1 is 1.03 bits per heavy atom. The monoisotopic (exact) mass is 414 g/mol. The normalized spacial score (nSPS) is 13.0. The molecule has 0 radical (unpaired) electrons. The van der Waals surface area contributed by atoms with Crippen LogP contribution in [0.25, 0.3) is 0 Å². The van der Waals surface area contributed by atoms with E-state index in [1.165, 1.54) is 6.92 Å². The molecule has 2 amide bonds. The van der Waals surface area contributed by atoms with E-state index in [9.17, 15) is 14.4 Å². The van der Waals surface area contributed by atoms with Crippen molar-refractivity contribution in [2.75, 3.05) is 5.32 Å². The second-order valence-corrected chi connectivity index (χ2v) is 7.77. The van der Waals surface area contributed by atoms with Crippen molar-refractivity contribution in [2.24, 2.45) is 5.92 Å². The van der Waals surface area contributed by atoms with Gasteiger partial charge < -0.3 is 15.4 Å². The van der Waals surface area contributed by atoms with Gasteiger partial charge in [0.15, 0.2) is 6.10 Å². The molecule has 0 fully saturated rings. The molecule has 0 unspecified atom stereocenters. The van der Waals surface area contributed by atoms with Crippen molar-refractivity contribution in [2.45, 2.75) is 59.2 Å². The average molecular weight is 415 g/mol. The van der Waals surface area contributed by atoms with Gasteiger partial charge in [-0.2, -0.15) is 5.10 Å². The number of ether oxygens (including phenoxy) is 1. The summed E-state index contributed by atoms with van der Waals surface area (Å²) in [6.45, 7) is 8.99. The maximum atomic E-state index is 12.6. The molecule has 0 saturated carbocycles. The smallest absolute Gasteiger partial charge is 0.329 e. The second kappa shape index (κ2) is 10.6. The molecule has 0 aliphatic rings. The van der Waals surface area contributed by atoms with Gasteiger partial charge in [-0.15, -0.1) is 0 Å². The van der Waals surface area contributed by atoms with E-state index in [4.69, 9.17) is 4.74 Å². The predicted octanol–water partition coefficient (Wildman–Crippen LogP) is 2.72. The first-order valence-electron chi connectivity index (χ1n) is 10.1. The van der Waals surface area contributed by atoms with E-state index in [0.717, 1.165) is 5.56 Å². The number of benzene rings is 1. The highest BCUT2D eigenvalue weighted by molar-refractivity contribution is 5.95. The molecule has 2 aromatic rings. The lowest BCUT2D eigenvalue weighted by atomic mass is 10.0. The zero-order valence-corrected chi connectivity index (χ0v) is 18.1. The number of carbonyl (C=O) groups is 3. The number of nitrogens with one attached hydrogen (secondary N) is 2. The molecule has 0 aliphatic heterocycles. The maximum Gasteiger partial charge on any atom is 0.329 e. The van der Waals surface area contributed by atoms with Gasteiger partial charge >= 0.3 is 5.97 Å². The predicted molar refractivity (Wildman–Crippen MR) is 114 cm³/mol. The molecule has 1 heterocycles. The van der Waals surface area contributed by atoms with Crippen molar-refractivity contribution >= 4 is 23.6 Å². The average Bonchev–Trinajstić information content (AvgIpc) is 3.14. The lowest BCUT2D eigenvalue weighted by Gasteiger charge is -2.23. The third-order valence-electron chi connectivity index (χ3n) is 4.52. The third-order valence-corrected chi connectivity index (χ3v) is 4.52. The standard InChI is InChI=1S/C22H30N4O4/c1-14(2)20(25-19(27)13-17-9-7-6-8-10-17)22(29)30-16(5)21(28)24-18-11-12-23-26(18)15(3)4/h6-12,14-16,20H,13H2,1-5H3,(H,24,28)(H,25,27)/t16-,20-/m0/s1. The lowest BCUT2D eigenvalue weighted by Crippen LogP contribution is -2.47. The first-order valence-corrected chi connectivity index (χ1v) is 10.1. The summed E-state index contributed by atoms with van der Waals surface area (Å²) in [5, 5.41) is 9.59. The van der Waals surface area contributed by atoms with Crippen LogP contribution < -0.4 is 10.6 Å². The molecule has 0 spiro atoms. The minimum Gasteiger partial charge on any atom is -0.451 e. The SMILES string of the molecule is CC(C)[C@H](NC(=O)Cc1ccccc1)C(=O)O[C@@H](C)C(=O)Nc1ccnn1C(C)C. The number of amides is 2. The Hall–Kier alpha value is -3.16. The molecule has 1 aromatic carbocycles. The van der Waals surface area contributed by atoms with Crippen molar-refractivity contribution in [1.82, 2.24) is 15.1 Å². The number of carbonyl (C=O) groups excluding carboxylic acids is 3. The Balaban J connectivity index is 1.95. The maximum absolute atomic E-state index is 12.6. The van der Waals surface area contributed by atoms with Gasteiger partial charge in [0.25, 0.3) is 5.91 Å². The summed E-state index contributed by atoms with van der Waals surface area (Å²) in [5.41, 5.74) is 0.848. The van der Waals surface area contributed by atoms with Gasteiger partial charge in [0, 0.05) is 12.1 Å². The quantitative estimate of drug-likeness (QED) is 0.614. The summed E-state index contributed by atoms with van der Waals surface area (Å²) in [5.74, 6) is -1.07. The summed E-state index contributed by atoms with van der Waals surface area (Å²) in [7, 11) is 0. The van der Waals surface area contributed by atoms with E-state index in [1.807, 2.05) is 44.2 Å². The summed E-state index contributed by atoms with van der Waals surface area (Å²) < 4.78 is 7.00. The lowest BCUT2D eigenvalue weighted by molar-refractivity contribution is -0.157. The summed E-state index contributed by atoms with van der Waals surface area (Å²) in [4.78, 5) is 37.4. The Morgan fingerprint density at radius 3 is 2.30 bits per heavy atom. The Labute approximate surface area is 177 Å². The molecule has 2 rings (SSSR count). The van der Waals surface area contributed by atoms with E-state index in [-0.39, 0.29) is 24.3 Å². The van der Waals surface area contributed by atoms with Gasteiger partial charge in [-0.05, 0) is 32.3 Å². The molecule has 0 saturated heterocycles. The van der Waals surface area contributed by atoms with Crippen LogP contribution in [0.1, 0.15) is 46.2 Å². The van der Waals surface area contributed by atoms with Crippen molar-refractivity contribution in [3.05, 3.63) is 48.2 Å². The number of nitrogens with zero attached hydrogens (tertiary/aromatic N) is 2. The molecular weight excluding hydrogens is 384 g/mol. The molecule has 2 N–H and O–H groups in total. The number of hydrogen-bond acceptors (Lipinski definition) is 5. The first kappa shape index (κ1) is 23.1. The van der Waals surface area contributed by atoms with Gasteiger partial charge in [-0.3, -0.25) is 9.59 Å². The minimum absolute atomic E-state index is 0.0679. The molecule has 8 heteroatoms. The van der Waals surface area contributed by atoms with E-state index in [1.54, 1.807) is 30.8 Å². The van der Waals surface area contributed by atoms with E-state index >= 15 is 0 Å². The van der Waals surface area contributed by atoms with Crippen molar-refractivity contribution in [3.63, 3.8) is 0 Å². The molecule has 1 aromatic heterocycles. The van der Waals surface area contributed by atoms with Crippen LogP contribution in [0.15, 0.2) is 42.6 Å². The Bertz CT molecular complexity index is 861. The molecule has 0 aliphatic carbocycles. The summed E-state index contributed by atoms with van der Waals surface area (Å²) in [6, 6.07) is 10.2. The van der Waals surface area contributed by atoms with Crippen LogP contribution in [0.3, 0.4) is 0 Å². The van der Waals surface area contributed by atoms with Gasteiger partial charge in [-0.1, -0.05) is 44.2 Å². The van der Waals surface area contributed by atoms with Crippen molar-refractivity contribution < 1.29 is 19.1 Å². The zero-order chi connectivity index (χ0) is 22.3. The molecule has 8 nitrogen and oxygen atoms in total. The van der Waals surface area contributed by atoms with Crippen LogP contribution in [0.4, 0.5) is 5.82 Å². The highest BCUT2D eigenvalue weighted by atomic mass is 16.5. The van der Waals surface area contributed by atoms with Crippen molar-refractivity contribution in [1.29, 1.82) is 0 Å². The third kappa shape index (κ3) is 6.43. The van der Waals surface area contributed by atoms with Crippen LogP contribution in [-0.2, 0) is 25.5 Å². The fourth-order valence-corrected chi connectivity index (χ4v) is 2.86. The second-order valence-electron chi connectivity index (χ2n) is 7.77. The largest absolute Gasteiger partial charge is 0.451 e. The number of aromatic nitrogens is 2. The van der Waals surface area contributed by atoms with Crippen LogP contribution >= 0.6 is 0 Å². The van der Waals surface area contributed by atoms with E-state index < -0.39 is 24.0 Å². The number of hydrogen-bond donors (Lipinski definition) is 2. The highest BCUT2D eigenvalue weighted by Gasteiger charge is 2.29. The summed E-state index contributed by atoms with van der Waals surface area (Å²) >= 11 is 0. The fraction of sp³-hybridized carbons (Fsp3) is 0.455. The molecule has 162 valence electrons. The minimum atomic E-state index is -1.03. The van der Waals surface area contributed by atoms with Gasteiger partial charge in [-0.25, -0.2) is 9.48 Å². The van der Waals surface area contributed by atoms with Crippen LogP contribution in [0.5, 0.6) is 0 Å².